The summed E-state index contributed by atoms with van der Waals surface area (Å²) in [5, 5.41) is 7.67. The van der Waals surface area contributed by atoms with Crippen molar-refractivity contribution in [2.45, 2.75) is 25.4 Å². The van der Waals surface area contributed by atoms with Crippen molar-refractivity contribution in [2.75, 3.05) is 18.4 Å². The maximum Gasteiger partial charge on any atom is 0.233 e. The molecule has 0 bridgehead atoms. The number of fused-ring (bicyclic) bond motifs is 1. The second kappa shape index (κ2) is 7.28. The normalized spacial score (nSPS) is 28.0. The van der Waals surface area contributed by atoms with E-state index in [1.54, 1.807) is 29.8 Å². The van der Waals surface area contributed by atoms with Crippen LogP contribution in [0.1, 0.15) is 5.56 Å². The van der Waals surface area contributed by atoms with Gasteiger partial charge in [0.1, 0.15) is 6.17 Å². The molecule has 1 amide bonds. The zero-order valence-corrected chi connectivity index (χ0v) is 14.9. The van der Waals surface area contributed by atoms with E-state index in [0.717, 1.165) is 16.7 Å². The molecule has 4 unspecified atom stereocenters. The van der Waals surface area contributed by atoms with Gasteiger partial charge in [-0.1, -0.05) is 0 Å². The van der Waals surface area contributed by atoms with Crippen molar-refractivity contribution >= 4 is 11.6 Å². The minimum absolute atomic E-state index is 0.198. The highest BCUT2D eigenvalue weighted by atomic mass is 19.1. The monoisotopic (exact) mass is 371 g/mol. The van der Waals surface area contributed by atoms with E-state index >= 15 is 0 Å². The molecule has 0 spiro atoms. The number of nitrogens with one attached hydrogen (secondary N) is 3. The molecule has 9 heteroatoms. The molecule has 2 fully saturated rings. The van der Waals surface area contributed by atoms with Crippen LogP contribution in [0.2, 0.25) is 0 Å². The van der Waals surface area contributed by atoms with Crippen LogP contribution in [0.15, 0.2) is 36.9 Å². The summed E-state index contributed by atoms with van der Waals surface area (Å²) in [7, 11) is 0. The van der Waals surface area contributed by atoms with Crippen LogP contribution in [-0.4, -0.2) is 52.5 Å². The van der Waals surface area contributed by atoms with Crippen molar-refractivity contribution in [3.63, 3.8) is 0 Å². The first-order chi connectivity index (χ1) is 13.0. The molecule has 0 aliphatic carbocycles. The van der Waals surface area contributed by atoms with Crippen LogP contribution in [0, 0.1) is 12.8 Å². The number of nitrogens with two attached hydrogens (primary N) is 1. The molecule has 27 heavy (non-hydrogen) atoms. The minimum atomic E-state index is -0.998. The molecule has 4 atom stereocenters. The molecule has 2 aliphatic heterocycles. The summed E-state index contributed by atoms with van der Waals surface area (Å²) < 4.78 is 13.6. The standard InChI is InChI=1S/C18H22FN7O/c1-10-6-21-4-2-12(10)13-3-5-22-8-14(13)24-18(27)15-16(20)25-26-9-11(19)7-23-17(15)26/h2-6,8,11,15-17,23,25H,7,9,20H2,1H3,(H,24,27). The van der Waals surface area contributed by atoms with Gasteiger partial charge in [-0.25, -0.2) is 14.8 Å². The minimum Gasteiger partial charge on any atom is -0.324 e. The number of pyridine rings is 2. The number of alkyl halides is 1. The fourth-order valence-electron chi connectivity index (χ4n) is 3.70. The third-order valence-corrected chi connectivity index (χ3v) is 5.01. The van der Waals surface area contributed by atoms with Crippen LogP contribution < -0.4 is 21.8 Å². The molecule has 2 aromatic heterocycles. The summed E-state index contributed by atoms with van der Waals surface area (Å²) in [6.07, 6.45) is 4.83. The second-order valence-corrected chi connectivity index (χ2v) is 6.88. The first-order valence-electron chi connectivity index (χ1n) is 8.86. The summed E-state index contributed by atoms with van der Waals surface area (Å²) in [4.78, 5) is 21.2. The summed E-state index contributed by atoms with van der Waals surface area (Å²) in [6.45, 7) is 2.36. The Hall–Kier alpha value is -2.46. The molecule has 0 aromatic carbocycles. The van der Waals surface area contributed by atoms with Crippen LogP contribution in [0.5, 0.6) is 0 Å². The molecule has 8 nitrogen and oxygen atoms in total. The Labute approximate surface area is 156 Å². The van der Waals surface area contributed by atoms with E-state index in [2.05, 4.69) is 26.0 Å². The Morgan fingerprint density at radius 3 is 2.81 bits per heavy atom. The van der Waals surface area contributed by atoms with E-state index < -0.39 is 18.3 Å². The van der Waals surface area contributed by atoms with E-state index in [-0.39, 0.29) is 25.2 Å². The lowest BCUT2D eigenvalue weighted by Gasteiger charge is -2.33. The molecule has 0 radical (unpaired) electrons. The molecule has 5 N–H and O–H groups in total. The van der Waals surface area contributed by atoms with Gasteiger partial charge in [-0.2, -0.15) is 0 Å². The molecule has 0 saturated carbocycles. The molecule has 2 aliphatic rings. The predicted octanol–water partition coefficient (Wildman–Crippen LogP) is 0.379. The van der Waals surface area contributed by atoms with Crippen molar-refractivity contribution in [3.05, 3.63) is 42.5 Å². The number of hydrogen-bond donors (Lipinski definition) is 4. The Bertz CT molecular complexity index is 848. The van der Waals surface area contributed by atoms with Gasteiger partial charge in [0.05, 0.1) is 30.1 Å². The number of anilines is 1. The van der Waals surface area contributed by atoms with Crippen molar-refractivity contribution in [2.24, 2.45) is 11.7 Å². The highest BCUT2D eigenvalue weighted by Gasteiger charge is 2.47. The number of hydrazine groups is 1. The highest BCUT2D eigenvalue weighted by Crippen LogP contribution is 2.30. The van der Waals surface area contributed by atoms with Gasteiger partial charge in [-0.3, -0.25) is 20.1 Å². The van der Waals surface area contributed by atoms with Crippen molar-refractivity contribution < 1.29 is 9.18 Å². The summed E-state index contributed by atoms with van der Waals surface area (Å²) in [5.41, 5.74) is 12.5. The SMILES string of the molecule is Cc1cnccc1-c1ccncc1NC(=O)C1C(N)NN2CC(F)CNC12. The predicted molar refractivity (Wildman–Crippen MR) is 98.8 cm³/mol. The van der Waals surface area contributed by atoms with E-state index in [4.69, 9.17) is 5.73 Å². The quantitative estimate of drug-likeness (QED) is 0.618. The van der Waals surface area contributed by atoms with Crippen LogP contribution in [0.3, 0.4) is 0 Å². The van der Waals surface area contributed by atoms with Gasteiger partial charge in [0.2, 0.25) is 5.91 Å². The number of amides is 1. The van der Waals surface area contributed by atoms with Gasteiger partial charge in [-0.05, 0) is 30.2 Å². The fraction of sp³-hybridized carbons (Fsp3) is 0.389. The second-order valence-electron chi connectivity index (χ2n) is 6.88. The number of rotatable bonds is 3. The average Bonchev–Trinajstić information content (AvgIpc) is 2.97. The Morgan fingerprint density at radius 2 is 2.04 bits per heavy atom. The van der Waals surface area contributed by atoms with Crippen LogP contribution in [-0.2, 0) is 4.79 Å². The third-order valence-electron chi connectivity index (χ3n) is 5.01. The smallest absolute Gasteiger partial charge is 0.233 e. The lowest BCUT2D eigenvalue weighted by Crippen LogP contribution is -2.58. The van der Waals surface area contributed by atoms with Crippen molar-refractivity contribution in [1.82, 2.24) is 25.7 Å². The number of carbonyl (C=O) groups excluding carboxylic acids is 1. The molecule has 2 aromatic rings. The zero-order chi connectivity index (χ0) is 19.0. The number of hydrogen-bond acceptors (Lipinski definition) is 7. The van der Waals surface area contributed by atoms with Crippen LogP contribution >= 0.6 is 0 Å². The van der Waals surface area contributed by atoms with Crippen LogP contribution in [0.25, 0.3) is 11.1 Å². The summed E-state index contributed by atoms with van der Waals surface area (Å²) >= 11 is 0. The summed E-state index contributed by atoms with van der Waals surface area (Å²) in [6, 6.07) is 3.75. The maximum atomic E-state index is 13.6. The lowest BCUT2D eigenvalue weighted by molar-refractivity contribution is -0.121. The summed E-state index contributed by atoms with van der Waals surface area (Å²) in [5.74, 6) is -0.808. The topological polar surface area (TPSA) is 108 Å². The molecular weight excluding hydrogens is 349 g/mol. The molecule has 2 saturated heterocycles. The van der Waals surface area contributed by atoms with Gasteiger partial charge in [0, 0.05) is 37.2 Å². The number of aromatic nitrogens is 2. The number of nitrogens with zero attached hydrogens (tertiary/aromatic N) is 3. The average molecular weight is 371 g/mol. The van der Waals surface area contributed by atoms with Gasteiger partial charge in [0.25, 0.3) is 0 Å². The molecule has 4 heterocycles. The van der Waals surface area contributed by atoms with E-state index in [9.17, 15) is 9.18 Å². The fourth-order valence-corrected chi connectivity index (χ4v) is 3.70. The lowest BCUT2D eigenvalue weighted by atomic mass is 10.00. The highest BCUT2D eigenvalue weighted by molar-refractivity contribution is 5.97. The van der Waals surface area contributed by atoms with Crippen molar-refractivity contribution in [1.29, 1.82) is 0 Å². The zero-order valence-electron chi connectivity index (χ0n) is 14.9. The molecule has 142 valence electrons. The first kappa shape index (κ1) is 17.9. The van der Waals surface area contributed by atoms with Gasteiger partial charge in [-0.15, -0.1) is 0 Å². The number of aryl methyl sites for hydroxylation is 1. The number of halogens is 1. The van der Waals surface area contributed by atoms with E-state index in [1.807, 2.05) is 19.1 Å². The Morgan fingerprint density at radius 1 is 1.30 bits per heavy atom. The largest absolute Gasteiger partial charge is 0.324 e. The maximum absolute atomic E-state index is 13.6. The van der Waals surface area contributed by atoms with Crippen molar-refractivity contribution in [3.8, 4) is 11.1 Å². The van der Waals surface area contributed by atoms with E-state index in [1.165, 1.54) is 0 Å². The van der Waals surface area contributed by atoms with E-state index in [0.29, 0.717) is 5.69 Å². The third kappa shape index (κ3) is 3.42. The number of carbonyl (C=O) groups is 1. The Balaban J connectivity index is 1.58. The molecule has 4 rings (SSSR count). The Kier molecular flexibility index (Phi) is 4.83. The first-order valence-corrected chi connectivity index (χ1v) is 8.86. The van der Waals surface area contributed by atoms with Gasteiger partial charge < -0.3 is 11.1 Å². The van der Waals surface area contributed by atoms with Gasteiger partial charge in [0.15, 0.2) is 0 Å². The van der Waals surface area contributed by atoms with Gasteiger partial charge >= 0.3 is 0 Å². The van der Waals surface area contributed by atoms with Crippen LogP contribution in [0.4, 0.5) is 10.1 Å². The molecular formula is C18H22FN7O.